The molecular formula is C61H49BN4O. The Balaban J connectivity index is 1.18. The summed E-state index contributed by atoms with van der Waals surface area (Å²) in [5.41, 5.74) is 26.2. The fraction of sp³-hybridized carbons (Fsp3) is 0.197. The number of nitrogens with zero attached hydrogens (tertiary/aromatic N) is 4. The molecule has 4 aliphatic rings. The fourth-order valence-electron chi connectivity index (χ4n) is 13.2. The number of fused-ring (bicyclic) bond motifs is 18. The molecule has 0 saturated carbocycles. The van der Waals surface area contributed by atoms with E-state index in [4.69, 9.17) is 9.40 Å². The molecule has 5 nitrogen and oxygen atoms in total. The Morgan fingerprint density at radius 1 is 0.657 bits per heavy atom. The van der Waals surface area contributed by atoms with Crippen LogP contribution in [0, 0.1) is 0 Å². The summed E-state index contributed by atoms with van der Waals surface area (Å²) in [5.74, 6) is 0.973. The molecule has 67 heavy (non-hydrogen) atoms. The predicted octanol–water partition coefficient (Wildman–Crippen LogP) is 14.0. The van der Waals surface area contributed by atoms with Gasteiger partial charge in [0.1, 0.15) is 17.0 Å². The number of hydrogen-bond donors (Lipinski definition) is 0. The van der Waals surface area contributed by atoms with Crippen LogP contribution in [0.5, 0.6) is 0 Å². The van der Waals surface area contributed by atoms with Crippen molar-refractivity contribution in [3.8, 4) is 39.3 Å². The van der Waals surface area contributed by atoms with Gasteiger partial charge in [-0.25, -0.2) is 4.98 Å². The van der Waals surface area contributed by atoms with Crippen LogP contribution in [0.2, 0.25) is 0 Å². The lowest BCUT2D eigenvalue weighted by Gasteiger charge is -2.43. The van der Waals surface area contributed by atoms with E-state index in [0.29, 0.717) is 0 Å². The first-order chi connectivity index (χ1) is 32.5. The van der Waals surface area contributed by atoms with E-state index >= 15 is 0 Å². The van der Waals surface area contributed by atoms with Crippen molar-refractivity contribution in [3.63, 3.8) is 0 Å². The Kier molecular flexibility index (Phi) is 7.22. The minimum absolute atomic E-state index is 0.0108. The number of aryl methyl sites for hydroxylation is 3. The van der Waals surface area contributed by atoms with Crippen LogP contribution in [0.15, 0.2) is 144 Å². The van der Waals surface area contributed by atoms with Gasteiger partial charge in [-0.05, 0) is 135 Å². The van der Waals surface area contributed by atoms with Gasteiger partial charge in [0.05, 0.1) is 22.1 Å². The van der Waals surface area contributed by atoms with Gasteiger partial charge >= 0.3 is 6.85 Å². The predicted molar refractivity (Wildman–Crippen MR) is 280 cm³/mol. The number of furan rings is 1. The summed E-state index contributed by atoms with van der Waals surface area (Å²) in [6.07, 6.45) is 4.73. The van der Waals surface area contributed by atoms with Crippen molar-refractivity contribution in [1.82, 2.24) is 14.1 Å². The first-order valence-corrected chi connectivity index (χ1v) is 24.3. The third kappa shape index (κ3) is 4.83. The summed E-state index contributed by atoms with van der Waals surface area (Å²) in [6, 6.07) is 52.9. The Labute approximate surface area is 390 Å². The van der Waals surface area contributed by atoms with E-state index in [2.05, 4.69) is 195 Å². The first kappa shape index (κ1) is 37.9. The molecule has 0 amide bonds. The van der Waals surface area contributed by atoms with Gasteiger partial charge in [-0.2, -0.15) is 0 Å². The normalized spacial score (nSPS) is 15.4. The molecule has 11 aromatic rings. The number of aromatic nitrogens is 3. The van der Waals surface area contributed by atoms with Crippen molar-refractivity contribution in [1.29, 1.82) is 0 Å². The minimum atomic E-state index is -0.255. The van der Waals surface area contributed by atoms with Crippen LogP contribution in [0.4, 0.5) is 11.4 Å². The standard InChI is InChI=1S/C61H49BN4O/c1-60(2,3)37-24-26-38(27-25-37)66-48-33-52-41(39-20-13-15-23-51(39)67-52)30-43(48)54-53-40-21-12-14-22-44(40)61(4,5)56(53)55-42-28-35-18-10-11-19-36(35)29-47(42)65-49-32-50-46(31-45(49)62(66)57(54)58(55)65)63-59(64(50)6)34-16-8-7-9-17-34/h7-9,12-17,20-33H,10-11,18-19H2,1-6H3. The third-order valence-corrected chi connectivity index (χ3v) is 16.4. The van der Waals surface area contributed by atoms with Crippen molar-refractivity contribution < 1.29 is 4.42 Å². The van der Waals surface area contributed by atoms with Crippen molar-refractivity contribution in [3.05, 3.63) is 167 Å². The third-order valence-electron chi connectivity index (χ3n) is 16.4. The Morgan fingerprint density at radius 2 is 1.40 bits per heavy atom. The molecule has 0 saturated heterocycles. The second-order valence-electron chi connectivity index (χ2n) is 21.4. The Morgan fingerprint density at radius 3 is 2.21 bits per heavy atom. The van der Waals surface area contributed by atoms with E-state index in [1.54, 1.807) is 0 Å². The van der Waals surface area contributed by atoms with Gasteiger partial charge in [0.2, 0.25) is 0 Å². The molecule has 0 unspecified atom stereocenters. The molecule has 15 rings (SSSR count). The average molecular weight is 865 g/mol. The zero-order chi connectivity index (χ0) is 44.8. The van der Waals surface area contributed by atoms with Crippen LogP contribution in [0.25, 0.3) is 94.1 Å². The molecule has 6 heteroatoms. The van der Waals surface area contributed by atoms with E-state index in [1.807, 2.05) is 0 Å². The molecule has 0 radical (unpaired) electrons. The Bertz CT molecular complexity index is 4010. The lowest BCUT2D eigenvalue weighted by Crippen LogP contribution is -2.60. The van der Waals surface area contributed by atoms with E-state index in [9.17, 15) is 0 Å². The van der Waals surface area contributed by atoms with Gasteiger partial charge in [0.25, 0.3) is 0 Å². The highest BCUT2D eigenvalue weighted by Crippen LogP contribution is 2.59. The molecule has 0 bridgehead atoms. The van der Waals surface area contributed by atoms with Gasteiger partial charge in [0.15, 0.2) is 0 Å². The molecule has 5 heterocycles. The van der Waals surface area contributed by atoms with Crippen LogP contribution >= 0.6 is 0 Å². The quantitative estimate of drug-likeness (QED) is 0.163. The van der Waals surface area contributed by atoms with Crippen molar-refractivity contribution in [2.24, 2.45) is 7.05 Å². The summed E-state index contributed by atoms with van der Waals surface area (Å²) in [7, 11) is 2.18. The summed E-state index contributed by atoms with van der Waals surface area (Å²) >= 11 is 0. The van der Waals surface area contributed by atoms with Gasteiger partial charge < -0.3 is 18.4 Å². The van der Waals surface area contributed by atoms with Gasteiger partial charge in [-0.1, -0.05) is 120 Å². The zero-order valence-electron chi connectivity index (χ0n) is 38.9. The van der Waals surface area contributed by atoms with Gasteiger partial charge in [-0.15, -0.1) is 0 Å². The number of para-hydroxylation sites is 1. The second-order valence-corrected chi connectivity index (χ2v) is 21.4. The lowest BCUT2D eigenvalue weighted by atomic mass is 9.43. The molecule has 3 aromatic heterocycles. The number of imidazole rings is 1. The highest BCUT2D eigenvalue weighted by molar-refractivity contribution is 6.94. The number of rotatable bonds is 2. The van der Waals surface area contributed by atoms with E-state index in [1.165, 1.54) is 101 Å². The van der Waals surface area contributed by atoms with Gasteiger partial charge in [-0.3, -0.25) is 0 Å². The minimum Gasteiger partial charge on any atom is -0.456 e. The molecule has 0 atom stereocenters. The van der Waals surface area contributed by atoms with Crippen molar-refractivity contribution >= 4 is 83.9 Å². The molecule has 0 N–H and O–H groups in total. The lowest BCUT2D eigenvalue weighted by molar-refractivity contribution is 0.590. The molecule has 0 spiro atoms. The van der Waals surface area contributed by atoms with Crippen LogP contribution in [-0.4, -0.2) is 21.0 Å². The van der Waals surface area contributed by atoms with Crippen LogP contribution in [0.1, 0.15) is 75.3 Å². The van der Waals surface area contributed by atoms with E-state index < -0.39 is 0 Å². The SMILES string of the molecule is Cn1c(-c2ccccc2)nc2cc3c(cc21)-n1c2cc4c(cc2c2c5c(c6c(c21)B3N(c1ccc(C(C)(C)C)cc1)c1cc2oc3ccccc3c2cc1-6)-c1ccccc1C5(C)C)CCCC4. The fourth-order valence-corrected chi connectivity index (χ4v) is 13.2. The summed E-state index contributed by atoms with van der Waals surface area (Å²) < 4.78 is 11.8. The maximum Gasteiger partial charge on any atom is 0.333 e. The second kappa shape index (κ2) is 12.8. The topological polar surface area (TPSA) is 39.1 Å². The molecule has 2 aliphatic carbocycles. The van der Waals surface area contributed by atoms with Crippen LogP contribution in [0.3, 0.4) is 0 Å². The monoisotopic (exact) mass is 864 g/mol. The maximum absolute atomic E-state index is 6.82. The largest absolute Gasteiger partial charge is 0.456 e. The van der Waals surface area contributed by atoms with E-state index in [-0.39, 0.29) is 17.7 Å². The molecule has 8 aromatic carbocycles. The van der Waals surface area contributed by atoms with E-state index in [0.717, 1.165) is 68.6 Å². The van der Waals surface area contributed by atoms with Gasteiger partial charge in [0, 0.05) is 68.3 Å². The summed E-state index contributed by atoms with van der Waals surface area (Å²) in [4.78, 5) is 8.14. The maximum atomic E-state index is 6.82. The first-order valence-electron chi connectivity index (χ1n) is 24.3. The molecule has 322 valence electrons. The number of hydrogen-bond acceptors (Lipinski definition) is 3. The smallest absolute Gasteiger partial charge is 0.333 e. The Hall–Kier alpha value is -7.31. The number of benzene rings is 8. The van der Waals surface area contributed by atoms with Crippen molar-refractivity contribution in [2.75, 3.05) is 4.81 Å². The highest BCUT2D eigenvalue weighted by atomic mass is 16.3. The van der Waals surface area contributed by atoms with Crippen LogP contribution < -0.4 is 15.7 Å². The number of anilines is 2. The molecular weight excluding hydrogens is 816 g/mol. The highest BCUT2D eigenvalue weighted by Gasteiger charge is 2.50. The molecule has 0 fully saturated rings. The zero-order valence-corrected chi connectivity index (χ0v) is 38.9. The molecule has 2 aliphatic heterocycles. The summed E-state index contributed by atoms with van der Waals surface area (Å²) in [6.45, 7) is 11.7. The average Bonchev–Trinajstić information content (AvgIpc) is 4.04. The van der Waals surface area contributed by atoms with Crippen LogP contribution in [-0.2, 0) is 30.7 Å². The summed E-state index contributed by atoms with van der Waals surface area (Å²) in [5, 5.41) is 5.08. The van der Waals surface area contributed by atoms with Crippen molar-refractivity contribution in [2.45, 2.75) is 71.1 Å².